The number of H-pyrrole nitrogens is 2. The molecule has 14 heteroatoms. The van der Waals surface area contributed by atoms with E-state index in [9.17, 15) is 19.2 Å². The fourth-order valence-electron chi connectivity index (χ4n) is 8.75. The standard InChI is InChI=1S/C44H48N8O6/c1-57-43(55)49-33-12-6-11-32(33)41(53)51-23-7-13-36(51)39-45-25-34(47-39)29-19-15-27(16-20-29)28-17-21-30(22-18-28)35-26-46-40(48-35)37-14-8-24-52(37)42(54)38(50-44(56)58-2)31-9-4-3-5-10-31/h3-5,9-10,15-22,25-26,32-33,36-38H,6-8,11-14,23-24H2,1-2H3,(H,45,47)(H,46,48)(H,49,55)(H,50,56)/t32-,33-,36+,37+,38-/m1/s1. The number of nitrogens with one attached hydrogen (secondary N) is 4. The Morgan fingerprint density at radius 2 is 1.19 bits per heavy atom. The SMILES string of the molecule is COC(=O)N[C@@H](C(=O)N1CCC[C@H]1c1ncc(-c2ccc(-c3ccc(-c4cnc([C@@H]5CCCN5C(=O)[C@@H]5CCC[C@H]5NC(=O)OC)[nH]4)cc3)cc2)[nH]1)c1ccccc1. The lowest BCUT2D eigenvalue weighted by atomic mass is 10.0. The number of carbonyl (C=O) groups is 4. The lowest BCUT2D eigenvalue weighted by Crippen LogP contribution is -2.45. The van der Waals surface area contributed by atoms with Gasteiger partial charge in [0.1, 0.15) is 17.7 Å². The molecule has 2 saturated heterocycles. The van der Waals surface area contributed by atoms with E-state index >= 15 is 0 Å². The van der Waals surface area contributed by atoms with Gasteiger partial charge in [-0.3, -0.25) is 9.59 Å². The highest BCUT2D eigenvalue weighted by Crippen LogP contribution is 2.37. The van der Waals surface area contributed by atoms with Gasteiger partial charge in [-0.05, 0) is 66.3 Å². The van der Waals surface area contributed by atoms with Crippen molar-refractivity contribution in [2.24, 2.45) is 5.92 Å². The minimum absolute atomic E-state index is 0.0682. The van der Waals surface area contributed by atoms with Gasteiger partial charge in [-0.15, -0.1) is 0 Å². The minimum atomic E-state index is -0.878. The maximum atomic E-state index is 13.9. The Hall–Kier alpha value is -6.44. The number of imidazole rings is 2. The third-order valence-electron chi connectivity index (χ3n) is 11.8. The van der Waals surface area contributed by atoms with Crippen molar-refractivity contribution in [1.82, 2.24) is 40.4 Å². The molecule has 4 heterocycles. The van der Waals surface area contributed by atoms with Crippen LogP contribution in [0.3, 0.4) is 0 Å². The molecule has 58 heavy (non-hydrogen) atoms. The highest BCUT2D eigenvalue weighted by molar-refractivity contribution is 5.87. The molecule has 0 bridgehead atoms. The zero-order chi connectivity index (χ0) is 40.2. The number of aromatic amines is 2. The molecule has 2 aliphatic heterocycles. The molecular weight excluding hydrogens is 737 g/mol. The molecule has 0 spiro atoms. The van der Waals surface area contributed by atoms with E-state index in [1.54, 1.807) is 11.1 Å². The lowest BCUT2D eigenvalue weighted by Gasteiger charge is -2.29. The summed E-state index contributed by atoms with van der Waals surface area (Å²) in [6.45, 7) is 1.23. The molecule has 3 aliphatic rings. The number of amides is 4. The quantitative estimate of drug-likeness (QED) is 0.116. The molecule has 8 rings (SSSR count). The number of methoxy groups -OCH3 is 2. The molecule has 3 fully saturated rings. The largest absolute Gasteiger partial charge is 0.453 e. The highest BCUT2D eigenvalue weighted by atomic mass is 16.5. The summed E-state index contributed by atoms with van der Waals surface area (Å²) in [6, 6.07) is 24.3. The van der Waals surface area contributed by atoms with Gasteiger partial charge >= 0.3 is 12.2 Å². The van der Waals surface area contributed by atoms with Crippen LogP contribution in [0.5, 0.6) is 0 Å². The van der Waals surface area contributed by atoms with Crippen LogP contribution in [-0.2, 0) is 19.1 Å². The predicted molar refractivity (Wildman–Crippen MR) is 216 cm³/mol. The van der Waals surface area contributed by atoms with Gasteiger partial charge in [-0.2, -0.15) is 0 Å². The third kappa shape index (κ3) is 7.91. The Morgan fingerprint density at radius 3 is 1.76 bits per heavy atom. The first-order valence-corrected chi connectivity index (χ1v) is 20.0. The minimum Gasteiger partial charge on any atom is -0.453 e. The second-order valence-electron chi connectivity index (χ2n) is 15.2. The van der Waals surface area contributed by atoms with Crippen molar-refractivity contribution in [2.75, 3.05) is 27.3 Å². The predicted octanol–water partition coefficient (Wildman–Crippen LogP) is 7.08. The summed E-state index contributed by atoms with van der Waals surface area (Å²) in [5.41, 5.74) is 6.50. The average Bonchev–Trinajstić information content (AvgIpc) is 4.12. The van der Waals surface area contributed by atoms with Crippen LogP contribution in [0.1, 0.15) is 80.3 Å². The Balaban J connectivity index is 0.914. The van der Waals surface area contributed by atoms with E-state index in [2.05, 4.69) is 69.1 Å². The number of nitrogens with zero attached hydrogens (tertiary/aromatic N) is 4. The second-order valence-corrected chi connectivity index (χ2v) is 15.2. The van der Waals surface area contributed by atoms with Gasteiger partial charge in [-0.25, -0.2) is 19.6 Å². The number of rotatable bonds is 10. The number of aromatic nitrogens is 4. The number of alkyl carbamates (subject to hydrolysis) is 2. The first kappa shape index (κ1) is 38.4. The first-order chi connectivity index (χ1) is 28.3. The molecule has 4 N–H and O–H groups in total. The zero-order valence-corrected chi connectivity index (χ0v) is 32.6. The first-order valence-electron chi connectivity index (χ1n) is 20.0. The van der Waals surface area contributed by atoms with Gasteiger partial charge in [0.15, 0.2) is 0 Å². The van der Waals surface area contributed by atoms with Crippen LogP contribution >= 0.6 is 0 Å². The van der Waals surface area contributed by atoms with E-state index < -0.39 is 18.2 Å². The normalized spacial score (nSPS) is 20.8. The van der Waals surface area contributed by atoms with Crippen LogP contribution in [0.4, 0.5) is 9.59 Å². The number of ether oxygens (including phenoxy) is 2. The van der Waals surface area contributed by atoms with Crippen LogP contribution in [0, 0.1) is 5.92 Å². The summed E-state index contributed by atoms with van der Waals surface area (Å²) < 4.78 is 9.62. The highest BCUT2D eigenvalue weighted by Gasteiger charge is 2.41. The molecule has 300 valence electrons. The van der Waals surface area contributed by atoms with E-state index in [0.717, 1.165) is 84.4 Å². The summed E-state index contributed by atoms with van der Waals surface area (Å²) in [6.07, 6.45) is 8.17. The third-order valence-corrected chi connectivity index (χ3v) is 11.8. The van der Waals surface area contributed by atoms with Gasteiger partial charge in [0.2, 0.25) is 5.91 Å². The molecular formula is C44H48N8O6. The van der Waals surface area contributed by atoms with Gasteiger partial charge < -0.3 is 39.9 Å². The van der Waals surface area contributed by atoms with Gasteiger partial charge in [0.05, 0.1) is 56.0 Å². The summed E-state index contributed by atoms with van der Waals surface area (Å²) in [5, 5.41) is 5.57. The second kappa shape index (κ2) is 17.0. The Kier molecular flexibility index (Phi) is 11.2. The van der Waals surface area contributed by atoms with Gasteiger partial charge in [0.25, 0.3) is 5.91 Å². The van der Waals surface area contributed by atoms with E-state index in [-0.39, 0.29) is 35.9 Å². The summed E-state index contributed by atoms with van der Waals surface area (Å²) in [4.78, 5) is 71.8. The van der Waals surface area contributed by atoms with Crippen molar-refractivity contribution in [3.05, 3.63) is 108 Å². The zero-order valence-electron chi connectivity index (χ0n) is 32.6. The van der Waals surface area contributed by atoms with Crippen molar-refractivity contribution < 1.29 is 28.7 Å². The number of likely N-dealkylation sites (tertiary alicyclic amines) is 2. The van der Waals surface area contributed by atoms with Crippen LogP contribution < -0.4 is 10.6 Å². The molecule has 1 saturated carbocycles. The van der Waals surface area contributed by atoms with Gasteiger partial charge in [-0.1, -0.05) is 85.3 Å². The fraction of sp³-hybridized carbons (Fsp3) is 0.364. The molecule has 3 aromatic carbocycles. The monoisotopic (exact) mass is 784 g/mol. The Bertz CT molecular complexity index is 2240. The maximum Gasteiger partial charge on any atom is 0.407 e. The number of carbonyl (C=O) groups excluding carboxylic acids is 4. The smallest absolute Gasteiger partial charge is 0.407 e. The van der Waals surface area contributed by atoms with E-state index in [0.29, 0.717) is 24.5 Å². The topological polar surface area (TPSA) is 175 Å². The molecule has 2 aromatic heterocycles. The van der Waals surface area contributed by atoms with Crippen molar-refractivity contribution in [3.63, 3.8) is 0 Å². The molecule has 4 amide bonds. The van der Waals surface area contributed by atoms with E-state index in [1.807, 2.05) is 41.4 Å². The molecule has 1 aliphatic carbocycles. The lowest BCUT2D eigenvalue weighted by molar-refractivity contribution is -0.137. The van der Waals surface area contributed by atoms with E-state index in [4.69, 9.17) is 19.4 Å². The summed E-state index contributed by atoms with van der Waals surface area (Å²) in [5.74, 6) is 1.08. The molecule has 14 nitrogen and oxygen atoms in total. The van der Waals surface area contributed by atoms with Crippen molar-refractivity contribution >= 4 is 24.0 Å². The molecule has 5 aromatic rings. The number of hydrogen-bond acceptors (Lipinski definition) is 8. The Morgan fingerprint density at radius 1 is 0.655 bits per heavy atom. The van der Waals surface area contributed by atoms with Crippen LogP contribution in [0.2, 0.25) is 0 Å². The van der Waals surface area contributed by atoms with Crippen LogP contribution in [0.15, 0.2) is 91.3 Å². The fourth-order valence-corrected chi connectivity index (χ4v) is 8.75. The van der Waals surface area contributed by atoms with Crippen molar-refractivity contribution in [3.8, 4) is 33.6 Å². The Labute approximate surface area is 336 Å². The molecule has 5 atom stereocenters. The van der Waals surface area contributed by atoms with Gasteiger partial charge in [0, 0.05) is 19.1 Å². The maximum absolute atomic E-state index is 13.9. The van der Waals surface area contributed by atoms with Crippen LogP contribution in [-0.4, -0.2) is 87.1 Å². The van der Waals surface area contributed by atoms with Crippen molar-refractivity contribution in [1.29, 1.82) is 0 Å². The summed E-state index contributed by atoms with van der Waals surface area (Å²) in [7, 11) is 2.62. The number of hydrogen-bond donors (Lipinski definition) is 4. The molecule has 0 radical (unpaired) electrons. The van der Waals surface area contributed by atoms with Crippen LogP contribution in [0.25, 0.3) is 33.6 Å². The average molecular weight is 785 g/mol. The van der Waals surface area contributed by atoms with E-state index in [1.165, 1.54) is 14.2 Å². The number of benzene rings is 3. The molecule has 0 unspecified atom stereocenters. The summed E-state index contributed by atoms with van der Waals surface area (Å²) >= 11 is 0. The van der Waals surface area contributed by atoms with Crippen molar-refractivity contribution in [2.45, 2.75) is 69.1 Å².